The van der Waals surface area contributed by atoms with Crippen LogP contribution in [0.3, 0.4) is 0 Å². The number of nitro benzene ring substituents is 1. The van der Waals surface area contributed by atoms with Gasteiger partial charge in [-0.1, -0.05) is 12.1 Å². The molecule has 0 heterocycles. The number of primary amides is 1. The largest absolute Gasteiger partial charge is 0.399 e. The molecule has 1 amide bonds. The molecular weight excluding hydrogens is 290 g/mol. The van der Waals surface area contributed by atoms with E-state index in [4.69, 9.17) is 11.5 Å². The number of rotatable bonds is 5. The van der Waals surface area contributed by atoms with E-state index in [-0.39, 0.29) is 11.3 Å². The standard InChI is InChI=1S/C14H13N3O3S/c15-11-2-1-3-12(7-11)21-8-10-5-4-9(14(16)18)6-13(10)17(19)20/h1-7H,8,15H2,(H2,16,18). The predicted molar refractivity (Wildman–Crippen MR) is 82.0 cm³/mol. The summed E-state index contributed by atoms with van der Waals surface area (Å²) < 4.78 is 0. The van der Waals surface area contributed by atoms with Gasteiger partial charge in [-0.2, -0.15) is 0 Å². The Kier molecular flexibility index (Phi) is 4.44. The summed E-state index contributed by atoms with van der Waals surface area (Å²) in [4.78, 5) is 22.6. The third-order valence-corrected chi connectivity index (χ3v) is 3.86. The van der Waals surface area contributed by atoms with E-state index in [0.717, 1.165) is 4.90 Å². The molecule has 6 nitrogen and oxygen atoms in total. The molecule has 0 saturated heterocycles. The van der Waals surface area contributed by atoms with Gasteiger partial charge in [0.15, 0.2) is 0 Å². The number of carbonyl (C=O) groups excluding carboxylic acids is 1. The van der Waals surface area contributed by atoms with E-state index >= 15 is 0 Å². The molecule has 2 aromatic carbocycles. The maximum Gasteiger partial charge on any atom is 0.274 e. The van der Waals surface area contributed by atoms with E-state index in [0.29, 0.717) is 17.0 Å². The monoisotopic (exact) mass is 303 g/mol. The maximum absolute atomic E-state index is 11.1. The molecule has 0 aliphatic heterocycles. The summed E-state index contributed by atoms with van der Waals surface area (Å²) in [7, 11) is 0. The fraction of sp³-hybridized carbons (Fsp3) is 0.0714. The van der Waals surface area contributed by atoms with Gasteiger partial charge in [0.05, 0.1) is 4.92 Å². The summed E-state index contributed by atoms with van der Waals surface area (Å²) in [6.45, 7) is 0. The Morgan fingerprint density at radius 3 is 2.62 bits per heavy atom. The maximum atomic E-state index is 11.1. The second-order valence-electron chi connectivity index (χ2n) is 4.33. The lowest BCUT2D eigenvalue weighted by molar-refractivity contribution is -0.385. The minimum atomic E-state index is -0.687. The highest BCUT2D eigenvalue weighted by atomic mass is 32.2. The number of hydrogen-bond acceptors (Lipinski definition) is 5. The highest BCUT2D eigenvalue weighted by molar-refractivity contribution is 7.98. The zero-order valence-electron chi connectivity index (χ0n) is 11.0. The molecule has 0 unspecified atom stereocenters. The summed E-state index contributed by atoms with van der Waals surface area (Å²) in [5.74, 6) is -0.285. The van der Waals surface area contributed by atoms with Crippen LogP contribution in [0.1, 0.15) is 15.9 Å². The van der Waals surface area contributed by atoms with E-state index < -0.39 is 10.8 Å². The van der Waals surface area contributed by atoms with Crippen molar-refractivity contribution in [2.45, 2.75) is 10.6 Å². The van der Waals surface area contributed by atoms with E-state index in [2.05, 4.69) is 0 Å². The molecule has 0 atom stereocenters. The fourth-order valence-electron chi connectivity index (χ4n) is 1.77. The van der Waals surface area contributed by atoms with Gasteiger partial charge in [-0.3, -0.25) is 14.9 Å². The van der Waals surface area contributed by atoms with Crippen molar-refractivity contribution in [2.24, 2.45) is 5.73 Å². The first kappa shape index (κ1) is 14.9. The van der Waals surface area contributed by atoms with Crippen LogP contribution in [0.15, 0.2) is 47.4 Å². The number of nitrogens with zero attached hydrogens (tertiary/aromatic N) is 1. The average Bonchev–Trinajstić information content (AvgIpc) is 2.44. The minimum absolute atomic E-state index is 0.109. The third-order valence-electron chi connectivity index (χ3n) is 2.82. The zero-order chi connectivity index (χ0) is 15.4. The van der Waals surface area contributed by atoms with Gasteiger partial charge in [-0.15, -0.1) is 11.8 Å². The Morgan fingerprint density at radius 2 is 2.00 bits per heavy atom. The van der Waals surface area contributed by atoms with Gasteiger partial charge in [-0.25, -0.2) is 0 Å². The third kappa shape index (κ3) is 3.73. The van der Waals surface area contributed by atoms with Gasteiger partial charge >= 0.3 is 0 Å². The topological polar surface area (TPSA) is 112 Å². The van der Waals surface area contributed by atoms with Crippen LogP contribution in [-0.4, -0.2) is 10.8 Å². The van der Waals surface area contributed by atoms with Crippen LogP contribution in [-0.2, 0) is 5.75 Å². The molecule has 2 aromatic rings. The quantitative estimate of drug-likeness (QED) is 0.381. The molecule has 21 heavy (non-hydrogen) atoms. The summed E-state index contributed by atoms with van der Waals surface area (Å²) in [5, 5.41) is 11.1. The summed E-state index contributed by atoms with van der Waals surface area (Å²) in [5.41, 5.74) is 12.0. The van der Waals surface area contributed by atoms with E-state index in [1.54, 1.807) is 18.2 Å². The summed E-state index contributed by atoms with van der Waals surface area (Å²) in [6, 6.07) is 11.5. The molecule has 0 fully saturated rings. The van der Waals surface area contributed by atoms with Gasteiger partial charge in [0, 0.05) is 33.5 Å². The molecule has 7 heteroatoms. The Bertz CT molecular complexity index is 704. The number of amides is 1. The van der Waals surface area contributed by atoms with Gasteiger partial charge in [-0.05, 0) is 24.3 Å². The second-order valence-corrected chi connectivity index (χ2v) is 5.37. The first-order valence-electron chi connectivity index (χ1n) is 6.03. The number of nitro groups is 1. The Labute approximate surface area is 125 Å². The summed E-state index contributed by atoms with van der Waals surface area (Å²) in [6.07, 6.45) is 0. The Balaban J connectivity index is 2.23. The first-order chi connectivity index (χ1) is 9.97. The Hall–Kier alpha value is -2.54. The molecule has 0 aliphatic rings. The molecule has 0 aliphatic carbocycles. The van der Waals surface area contributed by atoms with E-state index in [1.807, 2.05) is 12.1 Å². The first-order valence-corrected chi connectivity index (χ1v) is 7.01. The molecular formula is C14H13N3O3S. The van der Waals surface area contributed by atoms with Crippen molar-refractivity contribution in [3.05, 3.63) is 63.7 Å². The highest BCUT2D eigenvalue weighted by Crippen LogP contribution is 2.29. The van der Waals surface area contributed by atoms with E-state index in [9.17, 15) is 14.9 Å². The summed E-state index contributed by atoms with van der Waals surface area (Å²) >= 11 is 1.43. The number of benzene rings is 2. The highest BCUT2D eigenvalue weighted by Gasteiger charge is 2.16. The van der Waals surface area contributed by atoms with Crippen molar-refractivity contribution in [2.75, 3.05) is 5.73 Å². The normalized spacial score (nSPS) is 10.3. The number of hydrogen-bond donors (Lipinski definition) is 2. The van der Waals surface area contributed by atoms with Crippen molar-refractivity contribution in [1.82, 2.24) is 0 Å². The van der Waals surface area contributed by atoms with Crippen LogP contribution in [0.5, 0.6) is 0 Å². The van der Waals surface area contributed by atoms with Crippen molar-refractivity contribution in [3.63, 3.8) is 0 Å². The van der Waals surface area contributed by atoms with Crippen LogP contribution >= 0.6 is 11.8 Å². The Morgan fingerprint density at radius 1 is 1.24 bits per heavy atom. The van der Waals surface area contributed by atoms with Gasteiger partial charge in [0.25, 0.3) is 5.69 Å². The van der Waals surface area contributed by atoms with Crippen molar-refractivity contribution < 1.29 is 9.72 Å². The number of anilines is 1. The molecule has 0 bridgehead atoms. The molecule has 0 aromatic heterocycles. The molecule has 0 spiro atoms. The van der Waals surface area contributed by atoms with Crippen LogP contribution in [0.4, 0.5) is 11.4 Å². The van der Waals surface area contributed by atoms with Crippen LogP contribution in [0, 0.1) is 10.1 Å². The second kappa shape index (κ2) is 6.27. The molecule has 0 saturated carbocycles. The number of carbonyl (C=O) groups is 1. The zero-order valence-corrected chi connectivity index (χ0v) is 11.8. The molecule has 4 N–H and O–H groups in total. The number of nitrogen functional groups attached to an aromatic ring is 1. The van der Waals surface area contributed by atoms with Crippen molar-refractivity contribution in [3.8, 4) is 0 Å². The van der Waals surface area contributed by atoms with Gasteiger partial charge < -0.3 is 11.5 Å². The van der Waals surface area contributed by atoms with Crippen molar-refractivity contribution >= 4 is 29.0 Å². The lowest BCUT2D eigenvalue weighted by atomic mass is 10.1. The SMILES string of the molecule is NC(=O)c1ccc(CSc2cccc(N)c2)c([N+](=O)[O-])c1. The lowest BCUT2D eigenvalue weighted by Crippen LogP contribution is -2.11. The van der Waals surface area contributed by atoms with Gasteiger partial charge in [0.1, 0.15) is 0 Å². The van der Waals surface area contributed by atoms with Crippen molar-refractivity contribution in [1.29, 1.82) is 0 Å². The minimum Gasteiger partial charge on any atom is -0.399 e. The van der Waals surface area contributed by atoms with Crippen LogP contribution in [0.25, 0.3) is 0 Å². The van der Waals surface area contributed by atoms with Crippen LogP contribution < -0.4 is 11.5 Å². The number of thioether (sulfide) groups is 1. The fourth-order valence-corrected chi connectivity index (χ4v) is 2.74. The smallest absolute Gasteiger partial charge is 0.274 e. The number of nitrogens with two attached hydrogens (primary N) is 2. The molecule has 0 radical (unpaired) electrons. The average molecular weight is 303 g/mol. The molecule has 108 valence electrons. The molecule has 2 rings (SSSR count). The van der Waals surface area contributed by atoms with Crippen LogP contribution in [0.2, 0.25) is 0 Å². The predicted octanol–water partition coefficient (Wildman–Crippen LogP) is 2.57. The van der Waals surface area contributed by atoms with E-state index in [1.165, 1.54) is 23.9 Å². The van der Waals surface area contributed by atoms with Gasteiger partial charge in [0.2, 0.25) is 5.91 Å². The lowest BCUT2D eigenvalue weighted by Gasteiger charge is -2.05.